The molecule has 0 fully saturated rings. The van der Waals surface area contributed by atoms with Crippen LogP contribution in [0.3, 0.4) is 0 Å². The lowest BCUT2D eigenvalue weighted by atomic mass is 10.0. The maximum Gasteiger partial charge on any atom is 0.328 e. The van der Waals surface area contributed by atoms with E-state index in [2.05, 4.69) is 15.2 Å². The van der Waals surface area contributed by atoms with Gasteiger partial charge >= 0.3 is 5.97 Å². The molecule has 1 amide bonds. The maximum absolute atomic E-state index is 11.8. The molecule has 0 aliphatic heterocycles. The number of amides is 1. The molecule has 2 atom stereocenters. The Balaban J connectivity index is 4.71. The Kier molecular flexibility index (Phi) is 7.16. The van der Waals surface area contributed by atoms with E-state index in [-0.39, 0.29) is 11.8 Å². The molecule has 0 rings (SSSR count). The number of hydrogen-bond acceptors (Lipinski definition) is 5. The number of nitrogens with one attached hydrogen (secondary N) is 1. The molecular formula is C12H22N2O4. The predicted molar refractivity (Wildman–Crippen MR) is 67.8 cm³/mol. The van der Waals surface area contributed by atoms with Crippen LogP contribution in [0.15, 0.2) is 5.18 Å². The zero-order chi connectivity index (χ0) is 14.3. The SMILES string of the molecule is COC(=O)C(CC(C)C)NC(=O)C(N=O)C(C)C. The van der Waals surface area contributed by atoms with Crippen LogP contribution in [0.25, 0.3) is 0 Å². The molecule has 104 valence electrons. The van der Waals surface area contributed by atoms with Crippen molar-refractivity contribution in [3.8, 4) is 0 Å². The van der Waals surface area contributed by atoms with Crippen LogP contribution >= 0.6 is 0 Å². The first-order chi connectivity index (χ1) is 8.33. The van der Waals surface area contributed by atoms with E-state index in [0.717, 1.165) is 0 Å². The summed E-state index contributed by atoms with van der Waals surface area (Å²) in [6, 6.07) is -1.71. The molecule has 1 N–H and O–H groups in total. The van der Waals surface area contributed by atoms with Crippen molar-refractivity contribution in [1.29, 1.82) is 0 Å². The van der Waals surface area contributed by atoms with E-state index < -0.39 is 24.0 Å². The van der Waals surface area contributed by atoms with Gasteiger partial charge in [0.15, 0.2) is 6.04 Å². The molecule has 18 heavy (non-hydrogen) atoms. The number of methoxy groups -OCH3 is 1. The Morgan fingerprint density at radius 1 is 1.22 bits per heavy atom. The first-order valence-corrected chi connectivity index (χ1v) is 6.04. The first kappa shape index (κ1) is 16.5. The fourth-order valence-electron chi connectivity index (χ4n) is 1.56. The largest absolute Gasteiger partial charge is 0.467 e. The molecule has 0 bridgehead atoms. The molecule has 0 spiro atoms. The van der Waals surface area contributed by atoms with Crippen molar-refractivity contribution in [1.82, 2.24) is 5.32 Å². The molecule has 0 aliphatic carbocycles. The first-order valence-electron chi connectivity index (χ1n) is 6.04. The van der Waals surface area contributed by atoms with Gasteiger partial charge in [-0.25, -0.2) is 4.79 Å². The van der Waals surface area contributed by atoms with E-state index >= 15 is 0 Å². The van der Waals surface area contributed by atoms with E-state index in [1.54, 1.807) is 13.8 Å². The lowest BCUT2D eigenvalue weighted by Gasteiger charge is -2.20. The normalized spacial score (nSPS) is 14.2. The van der Waals surface area contributed by atoms with Crippen LogP contribution in [0.2, 0.25) is 0 Å². The van der Waals surface area contributed by atoms with Gasteiger partial charge in [-0.2, -0.15) is 0 Å². The van der Waals surface area contributed by atoms with E-state index in [0.29, 0.717) is 6.42 Å². The van der Waals surface area contributed by atoms with Crippen molar-refractivity contribution in [3.05, 3.63) is 4.91 Å². The zero-order valence-corrected chi connectivity index (χ0v) is 11.6. The van der Waals surface area contributed by atoms with Gasteiger partial charge in [0.1, 0.15) is 6.04 Å². The van der Waals surface area contributed by atoms with Gasteiger partial charge in [0.05, 0.1) is 7.11 Å². The molecule has 0 aromatic rings. The molecular weight excluding hydrogens is 236 g/mol. The summed E-state index contributed by atoms with van der Waals surface area (Å²) in [6.07, 6.45) is 0.460. The lowest BCUT2D eigenvalue weighted by molar-refractivity contribution is -0.145. The highest BCUT2D eigenvalue weighted by molar-refractivity contribution is 5.87. The van der Waals surface area contributed by atoms with Gasteiger partial charge in [-0.3, -0.25) is 4.79 Å². The summed E-state index contributed by atoms with van der Waals surface area (Å²) in [7, 11) is 1.26. The standard InChI is InChI=1S/C12H22N2O4/c1-7(2)6-9(12(16)18-5)13-11(15)10(14-17)8(3)4/h7-10H,6H2,1-5H3,(H,13,15). The van der Waals surface area contributed by atoms with Crippen molar-refractivity contribution in [3.63, 3.8) is 0 Å². The van der Waals surface area contributed by atoms with Crippen LogP contribution in [-0.4, -0.2) is 31.1 Å². The van der Waals surface area contributed by atoms with Gasteiger partial charge in [-0.15, -0.1) is 4.91 Å². The molecule has 0 saturated heterocycles. The Hall–Kier alpha value is -1.46. The average molecular weight is 258 g/mol. The molecule has 6 heteroatoms. The summed E-state index contributed by atoms with van der Waals surface area (Å²) < 4.78 is 4.63. The quantitative estimate of drug-likeness (QED) is 0.553. The van der Waals surface area contributed by atoms with Gasteiger partial charge in [0.2, 0.25) is 5.91 Å². The van der Waals surface area contributed by atoms with Crippen LogP contribution < -0.4 is 5.32 Å². The number of nitroso groups, excluding NO2 is 1. The van der Waals surface area contributed by atoms with Gasteiger partial charge in [-0.1, -0.05) is 32.9 Å². The summed E-state index contributed by atoms with van der Waals surface area (Å²) in [5, 5.41) is 5.31. The zero-order valence-electron chi connectivity index (χ0n) is 11.6. The fraction of sp³-hybridized carbons (Fsp3) is 0.833. The molecule has 0 aliphatic rings. The summed E-state index contributed by atoms with van der Waals surface area (Å²) in [4.78, 5) is 33.9. The van der Waals surface area contributed by atoms with Gasteiger partial charge < -0.3 is 10.1 Å². The van der Waals surface area contributed by atoms with Crippen LogP contribution in [0.1, 0.15) is 34.1 Å². The van der Waals surface area contributed by atoms with Crippen LogP contribution in [0, 0.1) is 16.7 Å². The molecule has 0 aromatic carbocycles. The number of esters is 1. The predicted octanol–water partition coefficient (Wildman–Crippen LogP) is 1.48. The van der Waals surface area contributed by atoms with E-state index in [1.165, 1.54) is 7.11 Å². The highest BCUT2D eigenvalue weighted by atomic mass is 16.5. The highest BCUT2D eigenvalue weighted by Crippen LogP contribution is 2.10. The second-order valence-corrected chi connectivity index (χ2v) is 5.01. The summed E-state index contributed by atoms with van der Waals surface area (Å²) >= 11 is 0. The summed E-state index contributed by atoms with van der Waals surface area (Å²) in [5.74, 6) is -1.03. The second kappa shape index (κ2) is 7.79. The molecule has 0 radical (unpaired) electrons. The Labute approximate surface area is 107 Å². The number of nitrogens with zero attached hydrogens (tertiary/aromatic N) is 1. The van der Waals surface area contributed by atoms with Crippen LogP contribution in [-0.2, 0) is 14.3 Å². The number of carbonyl (C=O) groups is 2. The van der Waals surface area contributed by atoms with Crippen molar-refractivity contribution >= 4 is 11.9 Å². The second-order valence-electron chi connectivity index (χ2n) is 5.01. The summed E-state index contributed by atoms with van der Waals surface area (Å²) in [6.45, 7) is 7.31. The monoisotopic (exact) mass is 258 g/mol. The van der Waals surface area contributed by atoms with Crippen molar-refractivity contribution in [2.45, 2.75) is 46.2 Å². The van der Waals surface area contributed by atoms with Crippen LogP contribution in [0.4, 0.5) is 0 Å². The minimum Gasteiger partial charge on any atom is -0.467 e. The minimum absolute atomic E-state index is 0.208. The molecule has 6 nitrogen and oxygen atoms in total. The smallest absolute Gasteiger partial charge is 0.328 e. The van der Waals surface area contributed by atoms with E-state index in [4.69, 9.17) is 0 Å². The lowest BCUT2D eigenvalue weighted by Crippen LogP contribution is -2.47. The molecule has 0 saturated carbocycles. The number of ether oxygens (including phenoxy) is 1. The van der Waals surface area contributed by atoms with Crippen LogP contribution in [0.5, 0.6) is 0 Å². The maximum atomic E-state index is 11.8. The molecule has 2 unspecified atom stereocenters. The van der Waals surface area contributed by atoms with Crippen molar-refractivity contribution < 1.29 is 14.3 Å². The number of rotatable bonds is 7. The van der Waals surface area contributed by atoms with Gasteiger partial charge in [0.25, 0.3) is 0 Å². The van der Waals surface area contributed by atoms with Gasteiger partial charge in [-0.05, 0) is 18.3 Å². The topological polar surface area (TPSA) is 84.8 Å². The number of hydrogen-bond donors (Lipinski definition) is 1. The fourth-order valence-corrected chi connectivity index (χ4v) is 1.56. The Bertz CT molecular complexity index is 302. The third-order valence-corrected chi connectivity index (χ3v) is 2.52. The van der Waals surface area contributed by atoms with Gasteiger partial charge in [0, 0.05) is 0 Å². The third-order valence-electron chi connectivity index (χ3n) is 2.52. The summed E-state index contributed by atoms with van der Waals surface area (Å²) in [5.41, 5.74) is 0. The van der Waals surface area contributed by atoms with E-state index in [1.807, 2.05) is 13.8 Å². The van der Waals surface area contributed by atoms with Crippen molar-refractivity contribution in [2.75, 3.05) is 7.11 Å². The van der Waals surface area contributed by atoms with E-state index in [9.17, 15) is 14.5 Å². The Morgan fingerprint density at radius 3 is 2.11 bits per heavy atom. The number of carbonyl (C=O) groups excluding carboxylic acids is 2. The third kappa shape index (κ3) is 5.25. The average Bonchev–Trinajstić information content (AvgIpc) is 2.26. The Morgan fingerprint density at radius 2 is 1.78 bits per heavy atom. The molecule has 0 aromatic heterocycles. The highest BCUT2D eigenvalue weighted by Gasteiger charge is 2.29. The minimum atomic E-state index is -0.982. The van der Waals surface area contributed by atoms with Crippen molar-refractivity contribution in [2.24, 2.45) is 17.0 Å². The molecule has 0 heterocycles.